The first-order valence-electron chi connectivity index (χ1n) is 7.92. The number of hydrogen-bond donors (Lipinski definition) is 2. The molecule has 1 aliphatic rings. The van der Waals surface area contributed by atoms with Gasteiger partial charge >= 0.3 is 6.09 Å². The van der Waals surface area contributed by atoms with E-state index in [0.29, 0.717) is 12.5 Å². The van der Waals surface area contributed by atoms with E-state index in [2.05, 4.69) is 24.1 Å². The molecule has 1 fully saturated rings. The summed E-state index contributed by atoms with van der Waals surface area (Å²) in [5, 5.41) is 12.5. The van der Waals surface area contributed by atoms with Gasteiger partial charge < -0.3 is 15.2 Å². The Morgan fingerprint density at radius 1 is 1.41 bits per heavy atom. The molecule has 2 N–H and O–H groups in total. The summed E-state index contributed by atoms with van der Waals surface area (Å²) < 4.78 is 5.28. The largest absolute Gasteiger partial charge is 0.445 e. The number of amides is 1. The molecule has 0 radical (unpaired) electrons. The Hall–Kier alpha value is -1.59. The summed E-state index contributed by atoms with van der Waals surface area (Å²) in [4.78, 5) is 14.2. The van der Waals surface area contributed by atoms with E-state index in [-0.39, 0.29) is 24.8 Å². The van der Waals surface area contributed by atoms with Crippen LogP contribution >= 0.6 is 0 Å². The first-order chi connectivity index (χ1) is 10.5. The molecule has 0 bridgehead atoms. The van der Waals surface area contributed by atoms with Gasteiger partial charge in [0.1, 0.15) is 6.61 Å². The average molecular weight is 306 g/mol. The molecule has 0 aromatic heterocycles. The lowest BCUT2D eigenvalue weighted by Gasteiger charge is -2.27. The number of nitrogens with one attached hydrogen (secondary N) is 1. The van der Waals surface area contributed by atoms with E-state index >= 15 is 0 Å². The van der Waals surface area contributed by atoms with E-state index in [9.17, 15) is 9.90 Å². The van der Waals surface area contributed by atoms with Crippen molar-refractivity contribution in [1.29, 1.82) is 0 Å². The summed E-state index contributed by atoms with van der Waals surface area (Å²) >= 11 is 0. The van der Waals surface area contributed by atoms with Gasteiger partial charge in [-0.25, -0.2) is 4.79 Å². The fourth-order valence-corrected chi connectivity index (χ4v) is 2.60. The summed E-state index contributed by atoms with van der Waals surface area (Å²) in [7, 11) is 0. The Bertz CT molecular complexity index is 464. The number of nitrogens with zero attached hydrogens (tertiary/aromatic N) is 1. The average Bonchev–Trinajstić information content (AvgIpc) is 2.91. The maximum absolute atomic E-state index is 12.0. The zero-order chi connectivity index (χ0) is 15.9. The molecule has 5 heteroatoms. The quantitative estimate of drug-likeness (QED) is 0.844. The van der Waals surface area contributed by atoms with Gasteiger partial charge in [0.15, 0.2) is 0 Å². The summed E-state index contributed by atoms with van der Waals surface area (Å²) in [6.45, 7) is 6.74. The molecule has 22 heavy (non-hydrogen) atoms. The zero-order valence-corrected chi connectivity index (χ0v) is 13.4. The first kappa shape index (κ1) is 16.8. The van der Waals surface area contributed by atoms with Crippen molar-refractivity contribution in [2.45, 2.75) is 39.0 Å². The van der Waals surface area contributed by atoms with E-state index in [1.54, 1.807) is 0 Å². The van der Waals surface area contributed by atoms with Crippen molar-refractivity contribution in [2.75, 3.05) is 19.6 Å². The fourth-order valence-electron chi connectivity index (χ4n) is 2.60. The fraction of sp³-hybridized carbons (Fsp3) is 0.588. The van der Waals surface area contributed by atoms with Crippen LogP contribution in [0.25, 0.3) is 0 Å². The van der Waals surface area contributed by atoms with Gasteiger partial charge in [0.05, 0.1) is 6.10 Å². The van der Waals surface area contributed by atoms with E-state index in [1.807, 2.05) is 30.3 Å². The lowest BCUT2D eigenvalue weighted by molar-refractivity contribution is 0.126. The van der Waals surface area contributed by atoms with Crippen molar-refractivity contribution >= 4 is 6.09 Å². The van der Waals surface area contributed by atoms with Crippen molar-refractivity contribution in [3.63, 3.8) is 0 Å². The van der Waals surface area contributed by atoms with Crippen LogP contribution < -0.4 is 5.32 Å². The molecule has 0 spiro atoms. The van der Waals surface area contributed by atoms with Crippen LogP contribution in [0.2, 0.25) is 0 Å². The predicted molar refractivity (Wildman–Crippen MR) is 85.5 cm³/mol. The van der Waals surface area contributed by atoms with Crippen LogP contribution in [0.4, 0.5) is 4.79 Å². The molecule has 1 aliphatic heterocycles. The first-order valence-corrected chi connectivity index (χ1v) is 7.92. The molecule has 1 saturated heterocycles. The topological polar surface area (TPSA) is 61.8 Å². The minimum absolute atomic E-state index is 0.0218. The molecule has 0 unspecified atom stereocenters. The second-order valence-electron chi connectivity index (χ2n) is 6.26. The number of rotatable bonds is 6. The number of hydrogen-bond acceptors (Lipinski definition) is 4. The third-order valence-electron chi connectivity index (χ3n) is 4.02. The second kappa shape index (κ2) is 8.15. The lowest BCUT2D eigenvalue weighted by Crippen LogP contribution is -2.46. The van der Waals surface area contributed by atoms with Gasteiger partial charge in [-0.15, -0.1) is 0 Å². The van der Waals surface area contributed by atoms with Gasteiger partial charge in [-0.2, -0.15) is 0 Å². The number of ether oxygens (including phenoxy) is 1. The highest BCUT2D eigenvalue weighted by Crippen LogP contribution is 2.12. The van der Waals surface area contributed by atoms with Gasteiger partial charge in [-0.1, -0.05) is 44.2 Å². The molecule has 0 saturated carbocycles. The van der Waals surface area contributed by atoms with Crippen molar-refractivity contribution in [3.05, 3.63) is 35.9 Å². The van der Waals surface area contributed by atoms with E-state index in [0.717, 1.165) is 25.1 Å². The minimum atomic E-state index is -0.387. The summed E-state index contributed by atoms with van der Waals surface area (Å²) in [6, 6.07) is 9.66. The molecular weight excluding hydrogens is 280 g/mol. The number of β-amino-alcohol motifs (C(OH)–C–C–N with tert-alkyl or cyclic N) is 1. The predicted octanol–water partition coefficient (Wildman–Crippen LogP) is 2.00. The zero-order valence-electron chi connectivity index (χ0n) is 13.4. The number of aliphatic hydroxyl groups is 1. The van der Waals surface area contributed by atoms with Crippen LogP contribution in [-0.2, 0) is 11.3 Å². The van der Waals surface area contributed by atoms with Crippen LogP contribution in [0.3, 0.4) is 0 Å². The number of benzene rings is 1. The van der Waals surface area contributed by atoms with Crippen molar-refractivity contribution < 1.29 is 14.6 Å². The Kier molecular flexibility index (Phi) is 6.21. The standard InChI is InChI=1S/C17H26N2O3/c1-13(2)16(11-19-9-8-15(20)10-19)18-17(21)22-12-14-6-4-3-5-7-14/h3-7,13,15-16,20H,8-12H2,1-2H3,(H,18,21)/t15-,16+/m0/s1. The highest BCUT2D eigenvalue weighted by Gasteiger charge is 2.25. The smallest absolute Gasteiger partial charge is 0.407 e. The monoisotopic (exact) mass is 306 g/mol. The second-order valence-corrected chi connectivity index (χ2v) is 6.26. The molecule has 1 amide bonds. The van der Waals surface area contributed by atoms with Crippen LogP contribution in [0.5, 0.6) is 0 Å². The van der Waals surface area contributed by atoms with Crippen LogP contribution in [-0.4, -0.2) is 47.9 Å². The molecule has 1 aromatic carbocycles. The lowest BCUT2D eigenvalue weighted by atomic mass is 10.0. The number of carbonyl (C=O) groups is 1. The minimum Gasteiger partial charge on any atom is -0.445 e. The van der Waals surface area contributed by atoms with Gasteiger partial charge in [0, 0.05) is 25.7 Å². The van der Waals surface area contributed by atoms with E-state index < -0.39 is 0 Å². The number of carbonyl (C=O) groups excluding carboxylic acids is 1. The van der Waals surface area contributed by atoms with Crippen LogP contribution in [0.1, 0.15) is 25.8 Å². The molecule has 2 atom stereocenters. The van der Waals surface area contributed by atoms with Gasteiger partial charge in [-0.3, -0.25) is 4.90 Å². The third kappa shape index (κ3) is 5.31. The van der Waals surface area contributed by atoms with Crippen LogP contribution in [0.15, 0.2) is 30.3 Å². The molecule has 122 valence electrons. The Morgan fingerprint density at radius 2 is 2.14 bits per heavy atom. The van der Waals surface area contributed by atoms with Gasteiger partial charge in [-0.05, 0) is 17.9 Å². The summed E-state index contributed by atoms with van der Waals surface area (Å²) in [5.41, 5.74) is 0.974. The number of likely N-dealkylation sites (tertiary alicyclic amines) is 1. The summed E-state index contributed by atoms with van der Waals surface area (Å²) in [6.07, 6.45) is 0.184. The third-order valence-corrected chi connectivity index (χ3v) is 4.02. The molecule has 2 rings (SSSR count). The normalized spacial score (nSPS) is 20.1. The Morgan fingerprint density at radius 3 is 2.73 bits per heavy atom. The van der Waals surface area contributed by atoms with Crippen molar-refractivity contribution in [1.82, 2.24) is 10.2 Å². The highest BCUT2D eigenvalue weighted by molar-refractivity contribution is 5.67. The molecule has 1 heterocycles. The van der Waals surface area contributed by atoms with Crippen LogP contribution in [0, 0.1) is 5.92 Å². The molecule has 0 aliphatic carbocycles. The number of aliphatic hydroxyl groups excluding tert-OH is 1. The Labute approximate surface area is 132 Å². The molecular formula is C17H26N2O3. The van der Waals surface area contributed by atoms with Gasteiger partial charge in [0.25, 0.3) is 0 Å². The SMILES string of the molecule is CC(C)[C@@H](CN1CC[C@H](O)C1)NC(=O)OCc1ccccc1. The highest BCUT2D eigenvalue weighted by atomic mass is 16.5. The molecule has 1 aromatic rings. The van der Waals surface area contributed by atoms with E-state index in [4.69, 9.17) is 4.74 Å². The number of alkyl carbamates (subject to hydrolysis) is 1. The maximum Gasteiger partial charge on any atom is 0.407 e. The van der Waals surface area contributed by atoms with Gasteiger partial charge in [0.2, 0.25) is 0 Å². The van der Waals surface area contributed by atoms with Crippen molar-refractivity contribution in [3.8, 4) is 0 Å². The van der Waals surface area contributed by atoms with Crippen molar-refractivity contribution in [2.24, 2.45) is 5.92 Å². The maximum atomic E-state index is 12.0. The molecule has 5 nitrogen and oxygen atoms in total. The summed E-state index contributed by atoms with van der Waals surface area (Å²) in [5.74, 6) is 0.307. The van der Waals surface area contributed by atoms with E-state index in [1.165, 1.54) is 0 Å². The Balaban J connectivity index is 1.78.